The van der Waals surface area contributed by atoms with E-state index in [0.717, 1.165) is 0 Å². The Bertz CT molecular complexity index is 470. The van der Waals surface area contributed by atoms with Crippen LogP contribution in [-0.2, 0) is 0 Å². The molecule has 2 bridgehead atoms. The van der Waals surface area contributed by atoms with Crippen molar-refractivity contribution in [1.82, 2.24) is 0 Å². The zero-order chi connectivity index (χ0) is 10.4. The third-order valence-corrected chi connectivity index (χ3v) is 3.78. The molecule has 0 amide bonds. The van der Waals surface area contributed by atoms with Crippen molar-refractivity contribution in [3.8, 4) is 12.1 Å². The van der Waals surface area contributed by atoms with Gasteiger partial charge in [0.1, 0.15) is 12.1 Å². The van der Waals surface area contributed by atoms with E-state index in [2.05, 4.69) is 12.1 Å². The molecule has 0 saturated heterocycles. The maximum Gasteiger partial charge on any atom is 0.101 e. The number of nitrogens with zero attached hydrogens (tertiary/aromatic N) is 2. The molecule has 1 aromatic rings. The minimum Gasteiger partial charge on any atom is -0.192 e. The highest BCUT2D eigenvalue weighted by atomic mass is 14.4. The highest BCUT2D eigenvalue weighted by Crippen LogP contribution is 2.53. The third-order valence-electron chi connectivity index (χ3n) is 3.78. The van der Waals surface area contributed by atoms with Crippen LogP contribution in [0.15, 0.2) is 12.1 Å². The van der Waals surface area contributed by atoms with E-state index >= 15 is 0 Å². The van der Waals surface area contributed by atoms with Crippen LogP contribution in [0.5, 0.6) is 0 Å². The molecule has 1 aromatic carbocycles. The topological polar surface area (TPSA) is 47.6 Å². The second-order valence-electron chi connectivity index (χ2n) is 4.46. The van der Waals surface area contributed by atoms with Gasteiger partial charge in [-0.05, 0) is 54.4 Å². The van der Waals surface area contributed by atoms with Gasteiger partial charge in [-0.2, -0.15) is 10.5 Å². The van der Waals surface area contributed by atoms with Gasteiger partial charge < -0.3 is 0 Å². The summed E-state index contributed by atoms with van der Waals surface area (Å²) in [6.07, 6.45) is 3.75. The fraction of sp³-hybridized carbons (Fsp3) is 0.385. The first-order chi connectivity index (χ1) is 7.33. The molecule has 0 unspecified atom stereocenters. The first-order valence-corrected chi connectivity index (χ1v) is 5.31. The summed E-state index contributed by atoms with van der Waals surface area (Å²) >= 11 is 0. The molecule has 2 aliphatic carbocycles. The number of hydrogen-bond acceptors (Lipinski definition) is 2. The molecule has 72 valence electrons. The van der Waals surface area contributed by atoms with Crippen molar-refractivity contribution in [2.24, 2.45) is 0 Å². The van der Waals surface area contributed by atoms with Crippen molar-refractivity contribution >= 4 is 0 Å². The normalized spacial score (nSPS) is 25.7. The lowest BCUT2D eigenvalue weighted by molar-refractivity contribution is 0.717. The van der Waals surface area contributed by atoms with Crippen molar-refractivity contribution in [2.45, 2.75) is 31.1 Å². The zero-order valence-corrected chi connectivity index (χ0v) is 8.33. The molecule has 2 heteroatoms. The Balaban J connectivity index is 2.24. The summed E-state index contributed by atoms with van der Waals surface area (Å²) in [6.45, 7) is 0. The van der Waals surface area contributed by atoms with Crippen LogP contribution in [0.2, 0.25) is 0 Å². The van der Waals surface area contributed by atoms with Gasteiger partial charge in [0.05, 0.1) is 11.1 Å². The molecule has 0 radical (unpaired) electrons. The Morgan fingerprint density at radius 1 is 0.933 bits per heavy atom. The average Bonchev–Trinajstić information content (AvgIpc) is 2.88. The van der Waals surface area contributed by atoms with Gasteiger partial charge in [0, 0.05) is 0 Å². The molecule has 1 saturated carbocycles. The first-order valence-electron chi connectivity index (χ1n) is 5.31. The minimum absolute atomic E-state index is 0.545. The largest absolute Gasteiger partial charge is 0.192 e. The van der Waals surface area contributed by atoms with E-state index < -0.39 is 0 Å². The molecule has 2 atom stereocenters. The van der Waals surface area contributed by atoms with E-state index in [0.29, 0.717) is 23.0 Å². The van der Waals surface area contributed by atoms with Gasteiger partial charge in [-0.15, -0.1) is 0 Å². The Morgan fingerprint density at radius 2 is 1.40 bits per heavy atom. The molecule has 15 heavy (non-hydrogen) atoms. The molecule has 3 rings (SSSR count). The van der Waals surface area contributed by atoms with Crippen LogP contribution in [0, 0.1) is 22.7 Å². The fourth-order valence-corrected chi connectivity index (χ4v) is 3.07. The minimum atomic E-state index is 0.545. The summed E-state index contributed by atoms with van der Waals surface area (Å²) in [4.78, 5) is 0. The maximum absolute atomic E-state index is 8.95. The standard InChI is InChI=1S/C13H10N2/c14-6-10-4-12-8-1-2-9(3-8)13(12)5-11(10)7-15/h4-5,8-9H,1-3H2/t8-,9-/m0/s1. The van der Waals surface area contributed by atoms with E-state index in [9.17, 15) is 0 Å². The molecule has 0 aliphatic heterocycles. The molecule has 2 nitrogen and oxygen atoms in total. The maximum atomic E-state index is 8.95. The van der Waals surface area contributed by atoms with Crippen LogP contribution in [-0.4, -0.2) is 0 Å². The second-order valence-corrected chi connectivity index (χ2v) is 4.46. The lowest BCUT2D eigenvalue weighted by atomic mass is 9.88. The number of nitriles is 2. The highest BCUT2D eigenvalue weighted by molar-refractivity contribution is 5.54. The van der Waals surface area contributed by atoms with Gasteiger partial charge in [-0.3, -0.25) is 0 Å². The Hall–Kier alpha value is -1.80. The SMILES string of the molecule is N#Cc1cc2c(cc1C#N)[C@H]1CC[C@H]2C1. The predicted octanol–water partition coefficient (Wildman–Crippen LogP) is 2.79. The fourth-order valence-electron chi connectivity index (χ4n) is 3.07. The van der Waals surface area contributed by atoms with E-state index in [-0.39, 0.29) is 0 Å². The quantitative estimate of drug-likeness (QED) is 0.637. The molecule has 0 N–H and O–H groups in total. The van der Waals surface area contributed by atoms with Gasteiger partial charge in [0.25, 0.3) is 0 Å². The molecule has 2 aliphatic rings. The van der Waals surface area contributed by atoms with Crippen LogP contribution < -0.4 is 0 Å². The van der Waals surface area contributed by atoms with Gasteiger partial charge in [0.2, 0.25) is 0 Å². The smallest absolute Gasteiger partial charge is 0.101 e. The van der Waals surface area contributed by atoms with E-state index in [1.54, 1.807) is 0 Å². The summed E-state index contributed by atoms with van der Waals surface area (Å²) in [5, 5.41) is 17.9. The van der Waals surface area contributed by atoms with E-state index in [1.165, 1.54) is 30.4 Å². The van der Waals surface area contributed by atoms with Crippen LogP contribution in [0.1, 0.15) is 53.4 Å². The summed E-state index contributed by atoms with van der Waals surface area (Å²) in [5.41, 5.74) is 3.76. The van der Waals surface area contributed by atoms with E-state index in [4.69, 9.17) is 10.5 Å². The first kappa shape index (κ1) is 8.50. The van der Waals surface area contributed by atoms with Crippen LogP contribution in [0.3, 0.4) is 0 Å². The van der Waals surface area contributed by atoms with Crippen molar-refractivity contribution in [1.29, 1.82) is 10.5 Å². The second kappa shape index (κ2) is 2.84. The van der Waals surface area contributed by atoms with Gasteiger partial charge >= 0.3 is 0 Å². The lowest BCUT2D eigenvalue weighted by Crippen LogP contribution is -2.00. The van der Waals surface area contributed by atoms with Crippen molar-refractivity contribution < 1.29 is 0 Å². The number of fused-ring (bicyclic) bond motifs is 5. The van der Waals surface area contributed by atoms with Gasteiger partial charge in [-0.1, -0.05) is 0 Å². The number of rotatable bonds is 0. The molecular formula is C13H10N2. The number of hydrogen-bond donors (Lipinski definition) is 0. The van der Waals surface area contributed by atoms with Crippen molar-refractivity contribution in [3.63, 3.8) is 0 Å². The average molecular weight is 194 g/mol. The zero-order valence-electron chi connectivity index (χ0n) is 8.33. The molecular weight excluding hydrogens is 184 g/mol. The predicted molar refractivity (Wildman–Crippen MR) is 55.2 cm³/mol. The van der Waals surface area contributed by atoms with Crippen molar-refractivity contribution in [2.75, 3.05) is 0 Å². The van der Waals surface area contributed by atoms with Crippen LogP contribution in [0.25, 0.3) is 0 Å². The van der Waals surface area contributed by atoms with Gasteiger partial charge in [-0.25, -0.2) is 0 Å². The van der Waals surface area contributed by atoms with Crippen LogP contribution >= 0.6 is 0 Å². The summed E-state index contributed by atoms with van der Waals surface area (Å²) < 4.78 is 0. The van der Waals surface area contributed by atoms with Crippen LogP contribution in [0.4, 0.5) is 0 Å². The Morgan fingerprint density at radius 3 is 1.80 bits per heavy atom. The Labute approximate surface area is 88.8 Å². The highest BCUT2D eigenvalue weighted by Gasteiger charge is 2.37. The molecule has 0 heterocycles. The summed E-state index contributed by atoms with van der Waals surface area (Å²) in [5.74, 6) is 1.31. The molecule has 1 fully saturated rings. The van der Waals surface area contributed by atoms with Gasteiger partial charge in [0.15, 0.2) is 0 Å². The van der Waals surface area contributed by atoms with E-state index in [1.807, 2.05) is 12.1 Å². The summed E-state index contributed by atoms with van der Waals surface area (Å²) in [7, 11) is 0. The molecule has 0 aromatic heterocycles. The third kappa shape index (κ3) is 1.02. The summed E-state index contributed by atoms with van der Waals surface area (Å²) in [6, 6.07) is 8.11. The number of benzene rings is 1. The van der Waals surface area contributed by atoms with Crippen molar-refractivity contribution in [3.05, 3.63) is 34.4 Å². The Kier molecular flexibility index (Phi) is 1.61. The molecule has 0 spiro atoms. The monoisotopic (exact) mass is 194 g/mol. The lowest BCUT2D eigenvalue weighted by Gasteiger charge is -2.15.